The molecule has 92 valence electrons. The number of nitrogens with one attached hydrogen (secondary N) is 1. The van der Waals surface area contributed by atoms with Gasteiger partial charge in [0.2, 0.25) is 0 Å². The van der Waals surface area contributed by atoms with Crippen molar-refractivity contribution in [2.24, 2.45) is 0 Å². The number of aryl methyl sites for hydroxylation is 1. The zero-order valence-corrected chi connectivity index (χ0v) is 9.71. The molecule has 4 heteroatoms. The minimum atomic E-state index is -0.728. The number of halogens is 2. The summed E-state index contributed by atoms with van der Waals surface area (Å²) in [5, 5.41) is 2.44. The molecule has 0 aliphatic rings. The quantitative estimate of drug-likeness (QED) is 0.864. The molecule has 18 heavy (non-hydrogen) atoms. The van der Waals surface area contributed by atoms with Crippen LogP contribution >= 0.6 is 0 Å². The number of hydrogen-bond acceptors (Lipinski definition) is 1. The Bertz CT molecular complexity index is 559. The molecule has 0 heterocycles. The number of anilines is 1. The van der Waals surface area contributed by atoms with Gasteiger partial charge in [0, 0.05) is 17.3 Å². The highest BCUT2D eigenvalue weighted by molar-refractivity contribution is 6.04. The van der Waals surface area contributed by atoms with Crippen molar-refractivity contribution in [1.82, 2.24) is 0 Å². The van der Waals surface area contributed by atoms with E-state index >= 15 is 0 Å². The molecule has 0 unspecified atom stereocenters. The van der Waals surface area contributed by atoms with Crippen molar-refractivity contribution in [3.05, 3.63) is 65.2 Å². The van der Waals surface area contributed by atoms with Crippen LogP contribution in [0.5, 0.6) is 0 Å². The van der Waals surface area contributed by atoms with E-state index in [1.165, 1.54) is 0 Å². The Kier molecular flexibility index (Phi) is 3.37. The van der Waals surface area contributed by atoms with E-state index in [-0.39, 0.29) is 5.69 Å². The van der Waals surface area contributed by atoms with Crippen LogP contribution in [-0.4, -0.2) is 5.91 Å². The van der Waals surface area contributed by atoms with E-state index in [2.05, 4.69) is 5.32 Å². The van der Waals surface area contributed by atoms with Gasteiger partial charge < -0.3 is 5.32 Å². The fourth-order valence-corrected chi connectivity index (χ4v) is 1.53. The van der Waals surface area contributed by atoms with Gasteiger partial charge in [0.15, 0.2) is 0 Å². The molecule has 0 aromatic heterocycles. The molecule has 0 radical (unpaired) electrons. The highest BCUT2D eigenvalue weighted by atomic mass is 19.1. The maximum atomic E-state index is 12.9. The molecule has 0 saturated carbocycles. The van der Waals surface area contributed by atoms with E-state index in [0.29, 0.717) is 5.56 Å². The van der Waals surface area contributed by atoms with E-state index in [9.17, 15) is 13.6 Å². The number of benzene rings is 2. The van der Waals surface area contributed by atoms with Crippen molar-refractivity contribution in [2.45, 2.75) is 6.92 Å². The summed E-state index contributed by atoms with van der Waals surface area (Å²) in [6, 6.07) is 9.77. The van der Waals surface area contributed by atoms with Gasteiger partial charge in [-0.05, 0) is 31.2 Å². The van der Waals surface area contributed by atoms with Gasteiger partial charge in [-0.25, -0.2) is 8.78 Å². The van der Waals surface area contributed by atoms with Gasteiger partial charge in [0.1, 0.15) is 11.6 Å². The van der Waals surface area contributed by atoms with E-state index in [1.54, 1.807) is 24.3 Å². The number of hydrogen-bond donors (Lipinski definition) is 1. The second-order valence-corrected chi connectivity index (χ2v) is 3.98. The summed E-state index contributed by atoms with van der Waals surface area (Å²) >= 11 is 0. The van der Waals surface area contributed by atoms with Crippen LogP contribution in [0.4, 0.5) is 14.5 Å². The van der Waals surface area contributed by atoms with E-state index in [0.717, 1.165) is 23.8 Å². The van der Waals surface area contributed by atoms with Crippen LogP contribution in [0, 0.1) is 18.6 Å². The van der Waals surface area contributed by atoms with Gasteiger partial charge in [-0.2, -0.15) is 0 Å². The van der Waals surface area contributed by atoms with Gasteiger partial charge in [0.05, 0.1) is 0 Å². The summed E-state index contributed by atoms with van der Waals surface area (Å²) in [7, 11) is 0. The molecule has 2 aromatic rings. The first-order chi connectivity index (χ1) is 8.54. The third kappa shape index (κ3) is 2.91. The smallest absolute Gasteiger partial charge is 0.255 e. The van der Waals surface area contributed by atoms with Crippen LogP contribution in [0.2, 0.25) is 0 Å². The highest BCUT2D eigenvalue weighted by Crippen LogP contribution is 2.14. The predicted molar refractivity (Wildman–Crippen MR) is 65.5 cm³/mol. The number of rotatable bonds is 2. The van der Waals surface area contributed by atoms with Crippen molar-refractivity contribution in [1.29, 1.82) is 0 Å². The molecule has 2 aromatic carbocycles. The predicted octanol–water partition coefficient (Wildman–Crippen LogP) is 3.53. The Morgan fingerprint density at radius 1 is 1.00 bits per heavy atom. The largest absolute Gasteiger partial charge is 0.322 e. The van der Waals surface area contributed by atoms with E-state index in [1.807, 2.05) is 6.92 Å². The summed E-state index contributed by atoms with van der Waals surface area (Å²) in [6.45, 7) is 1.91. The minimum Gasteiger partial charge on any atom is -0.322 e. The summed E-state index contributed by atoms with van der Waals surface area (Å²) in [5.41, 5.74) is 1.56. The zero-order valence-electron chi connectivity index (χ0n) is 9.71. The average molecular weight is 247 g/mol. The van der Waals surface area contributed by atoms with Gasteiger partial charge in [0.25, 0.3) is 5.91 Å². The fraction of sp³-hybridized carbons (Fsp3) is 0.0714. The molecule has 0 atom stereocenters. The number of amides is 1. The number of carbonyl (C=O) groups excluding carboxylic acids is 1. The summed E-state index contributed by atoms with van der Waals surface area (Å²) in [4.78, 5) is 11.8. The maximum absolute atomic E-state index is 12.9. The molecule has 2 nitrogen and oxygen atoms in total. The lowest BCUT2D eigenvalue weighted by Gasteiger charge is -2.06. The Hall–Kier alpha value is -2.23. The van der Waals surface area contributed by atoms with Gasteiger partial charge >= 0.3 is 0 Å². The Labute approximate surface area is 103 Å². The molecule has 0 saturated heterocycles. The van der Waals surface area contributed by atoms with E-state index < -0.39 is 17.5 Å². The van der Waals surface area contributed by atoms with Gasteiger partial charge in [-0.15, -0.1) is 0 Å². The van der Waals surface area contributed by atoms with Crippen molar-refractivity contribution in [3.63, 3.8) is 0 Å². The standard InChI is InChI=1S/C14H11F2NO/c1-9-2-4-10(5-3-9)14(18)17-13-7-11(15)6-12(16)8-13/h2-8H,1H3,(H,17,18). The topological polar surface area (TPSA) is 29.1 Å². The summed E-state index contributed by atoms with van der Waals surface area (Å²) < 4.78 is 25.9. The lowest BCUT2D eigenvalue weighted by molar-refractivity contribution is 0.102. The van der Waals surface area contributed by atoms with E-state index in [4.69, 9.17) is 0 Å². The third-order valence-electron chi connectivity index (χ3n) is 2.43. The average Bonchev–Trinajstić information content (AvgIpc) is 2.28. The molecule has 0 bridgehead atoms. The third-order valence-corrected chi connectivity index (χ3v) is 2.43. The number of carbonyl (C=O) groups is 1. The molecule has 1 N–H and O–H groups in total. The van der Waals surface area contributed by atoms with Crippen LogP contribution in [0.3, 0.4) is 0 Å². The van der Waals surface area contributed by atoms with Crippen LogP contribution in [0.15, 0.2) is 42.5 Å². The minimum absolute atomic E-state index is 0.0954. The second-order valence-electron chi connectivity index (χ2n) is 3.98. The molecule has 0 fully saturated rings. The maximum Gasteiger partial charge on any atom is 0.255 e. The van der Waals surface area contributed by atoms with Crippen LogP contribution in [-0.2, 0) is 0 Å². The SMILES string of the molecule is Cc1ccc(C(=O)Nc2cc(F)cc(F)c2)cc1. The second kappa shape index (κ2) is 4.96. The van der Waals surface area contributed by atoms with Crippen molar-refractivity contribution < 1.29 is 13.6 Å². The molecule has 0 aliphatic heterocycles. The van der Waals surface area contributed by atoms with Crippen LogP contribution < -0.4 is 5.32 Å². The summed E-state index contributed by atoms with van der Waals surface area (Å²) in [5.74, 6) is -1.86. The molecular weight excluding hydrogens is 236 g/mol. The first kappa shape index (κ1) is 12.2. The van der Waals surface area contributed by atoms with Gasteiger partial charge in [-0.3, -0.25) is 4.79 Å². The van der Waals surface area contributed by atoms with Crippen molar-refractivity contribution in [3.8, 4) is 0 Å². The highest BCUT2D eigenvalue weighted by Gasteiger charge is 2.07. The van der Waals surface area contributed by atoms with Crippen molar-refractivity contribution in [2.75, 3.05) is 5.32 Å². The lowest BCUT2D eigenvalue weighted by atomic mass is 10.1. The molecule has 0 spiro atoms. The fourth-order valence-electron chi connectivity index (χ4n) is 1.53. The molecule has 0 aliphatic carbocycles. The molecule has 1 amide bonds. The zero-order chi connectivity index (χ0) is 13.1. The monoisotopic (exact) mass is 247 g/mol. The van der Waals surface area contributed by atoms with Crippen molar-refractivity contribution >= 4 is 11.6 Å². The van der Waals surface area contributed by atoms with Gasteiger partial charge in [-0.1, -0.05) is 17.7 Å². The van der Waals surface area contributed by atoms with Crippen LogP contribution in [0.25, 0.3) is 0 Å². The summed E-state index contributed by atoms with van der Waals surface area (Å²) in [6.07, 6.45) is 0. The lowest BCUT2D eigenvalue weighted by Crippen LogP contribution is -2.12. The first-order valence-electron chi connectivity index (χ1n) is 5.39. The van der Waals surface area contributed by atoms with Crippen LogP contribution in [0.1, 0.15) is 15.9 Å². The Balaban J connectivity index is 2.18. The molecular formula is C14H11F2NO. The molecule has 2 rings (SSSR count). The Morgan fingerprint density at radius 3 is 2.11 bits per heavy atom. The Morgan fingerprint density at radius 2 is 1.56 bits per heavy atom. The normalized spacial score (nSPS) is 10.2. The first-order valence-corrected chi connectivity index (χ1v) is 5.39.